The van der Waals surface area contributed by atoms with E-state index in [0.29, 0.717) is 24.5 Å². The maximum atomic E-state index is 12.6. The first-order valence-corrected chi connectivity index (χ1v) is 8.58. The van der Waals surface area contributed by atoms with E-state index in [0.717, 1.165) is 17.7 Å². The van der Waals surface area contributed by atoms with Crippen molar-refractivity contribution in [3.05, 3.63) is 59.7 Å². The minimum absolute atomic E-state index is 0.0321. The van der Waals surface area contributed by atoms with E-state index in [1.54, 1.807) is 12.1 Å². The van der Waals surface area contributed by atoms with Gasteiger partial charge in [-0.25, -0.2) is 0 Å². The van der Waals surface area contributed by atoms with Gasteiger partial charge in [0.2, 0.25) is 0 Å². The summed E-state index contributed by atoms with van der Waals surface area (Å²) in [6, 6.07) is 14.9. The van der Waals surface area contributed by atoms with Crippen LogP contribution in [0.25, 0.3) is 0 Å². The lowest BCUT2D eigenvalue weighted by Gasteiger charge is -2.17. The molecule has 0 saturated carbocycles. The van der Waals surface area contributed by atoms with Crippen LogP contribution < -0.4 is 10.1 Å². The lowest BCUT2D eigenvalue weighted by molar-refractivity contribution is 0.0656. The second-order valence-electron chi connectivity index (χ2n) is 6.47. The molecular weight excluding hydrogens is 318 g/mol. The van der Waals surface area contributed by atoms with Crippen molar-refractivity contribution >= 4 is 5.91 Å². The largest absolute Gasteiger partial charge is 0.457 e. The zero-order valence-corrected chi connectivity index (χ0v) is 14.1. The van der Waals surface area contributed by atoms with E-state index in [-0.39, 0.29) is 24.2 Å². The van der Waals surface area contributed by atoms with Gasteiger partial charge in [-0.05, 0) is 43.2 Å². The van der Waals surface area contributed by atoms with Crippen molar-refractivity contribution in [2.45, 2.75) is 31.6 Å². The summed E-state index contributed by atoms with van der Waals surface area (Å²) in [4.78, 5) is 12.6. The maximum Gasteiger partial charge on any atom is 0.251 e. The van der Waals surface area contributed by atoms with Gasteiger partial charge >= 0.3 is 0 Å². The Morgan fingerprint density at radius 1 is 1.16 bits per heavy atom. The highest BCUT2D eigenvalue weighted by Gasteiger charge is 2.42. The first-order chi connectivity index (χ1) is 12.2. The monoisotopic (exact) mass is 339 g/mol. The number of benzene rings is 2. The van der Waals surface area contributed by atoms with E-state index in [2.05, 4.69) is 5.32 Å². The number of nitrogens with one attached hydrogen (secondary N) is 1. The summed E-state index contributed by atoms with van der Waals surface area (Å²) < 4.78 is 17.3. The van der Waals surface area contributed by atoms with Crippen LogP contribution in [0, 0.1) is 6.92 Å². The molecule has 2 fully saturated rings. The summed E-state index contributed by atoms with van der Waals surface area (Å²) in [6.45, 7) is 3.19. The second-order valence-corrected chi connectivity index (χ2v) is 6.47. The van der Waals surface area contributed by atoms with Crippen LogP contribution in [0.5, 0.6) is 11.5 Å². The predicted molar refractivity (Wildman–Crippen MR) is 93.0 cm³/mol. The molecule has 0 aromatic heterocycles. The minimum Gasteiger partial charge on any atom is -0.457 e. The summed E-state index contributed by atoms with van der Waals surface area (Å²) in [5.74, 6) is 1.28. The number of carbonyl (C=O) groups excluding carboxylic acids is 1. The Balaban J connectivity index is 1.45. The zero-order chi connectivity index (χ0) is 17.2. The SMILES string of the molecule is Cc1ccccc1Oc1cccc(C(=O)N[C@H]2CO[C@@H]3CCO[C@H]23)c1. The molecule has 0 radical (unpaired) electrons. The van der Waals surface area contributed by atoms with Gasteiger partial charge in [0.1, 0.15) is 17.6 Å². The van der Waals surface area contributed by atoms with Gasteiger partial charge in [-0.1, -0.05) is 24.3 Å². The Morgan fingerprint density at radius 2 is 2.04 bits per heavy atom. The van der Waals surface area contributed by atoms with Crippen molar-refractivity contribution in [2.24, 2.45) is 0 Å². The number of para-hydroxylation sites is 1. The molecule has 0 aliphatic carbocycles. The van der Waals surface area contributed by atoms with Crippen molar-refractivity contribution in [1.29, 1.82) is 0 Å². The van der Waals surface area contributed by atoms with Gasteiger partial charge in [-0.2, -0.15) is 0 Å². The third kappa shape index (κ3) is 3.38. The normalized spacial score (nSPS) is 24.8. The molecule has 2 aliphatic heterocycles. The Bertz CT molecular complexity index is 776. The number of fused-ring (bicyclic) bond motifs is 1. The van der Waals surface area contributed by atoms with Crippen LogP contribution in [0.15, 0.2) is 48.5 Å². The first kappa shape index (κ1) is 16.1. The molecule has 1 amide bonds. The highest BCUT2D eigenvalue weighted by molar-refractivity contribution is 5.94. The third-order valence-electron chi connectivity index (χ3n) is 4.70. The van der Waals surface area contributed by atoms with Crippen LogP contribution in [0.4, 0.5) is 0 Å². The molecular formula is C20H21NO4. The number of amides is 1. The number of rotatable bonds is 4. The van der Waals surface area contributed by atoms with Gasteiger partial charge < -0.3 is 19.5 Å². The van der Waals surface area contributed by atoms with E-state index >= 15 is 0 Å². The average molecular weight is 339 g/mol. The fraction of sp³-hybridized carbons (Fsp3) is 0.350. The molecule has 2 heterocycles. The minimum atomic E-state index is -0.139. The summed E-state index contributed by atoms with van der Waals surface area (Å²) in [5, 5.41) is 3.02. The quantitative estimate of drug-likeness (QED) is 0.930. The Morgan fingerprint density at radius 3 is 2.92 bits per heavy atom. The number of aryl methyl sites for hydroxylation is 1. The molecule has 1 N–H and O–H groups in total. The topological polar surface area (TPSA) is 56.8 Å². The lowest BCUT2D eigenvalue weighted by atomic mass is 10.1. The summed E-state index contributed by atoms with van der Waals surface area (Å²) in [6.07, 6.45) is 0.980. The van der Waals surface area contributed by atoms with Crippen LogP contribution >= 0.6 is 0 Å². The van der Waals surface area contributed by atoms with E-state index < -0.39 is 0 Å². The average Bonchev–Trinajstić information content (AvgIpc) is 3.22. The molecule has 25 heavy (non-hydrogen) atoms. The smallest absolute Gasteiger partial charge is 0.251 e. The predicted octanol–water partition coefficient (Wildman–Crippen LogP) is 3.07. The third-order valence-corrected chi connectivity index (χ3v) is 4.70. The summed E-state index contributed by atoms with van der Waals surface area (Å²) in [5.41, 5.74) is 1.61. The van der Waals surface area contributed by atoms with Gasteiger partial charge in [0.05, 0.1) is 18.8 Å². The Labute approximate surface area is 146 Å². The number of ether oxygens (including phenoxy) is 3. The summed E-state index contributed by atoms with van der Waals surface area (Å²) >= 11 is 0. The van der Waals surface area contributed by atoms with Gasteiger partial charge in [-0.15, -0.1) is 0 Å². The fourth-order valence-electron chi connectivity index (χ4n) is 3.34. The Hall–Kier alpha value is -2.37. The molecule has 130 valence electrons. The van der Waals surface area contributed by atoms with Crippen LogP contribution in [-0.2, 0) is 9.47 Å². The van der Waals surface area contributed by atoms with Crippen LogP contribution in [0.3, 0.4) is 0 Å². The van der Waals surface area contributed by atoms with Crippen molar-refractivity contribution in [3.8, 4) is 11.5 Å². The zero-order valence-electron chi connectivity index (χ0n) is 14.1. The Kier molecular flexibility index (Phi) is 4.42. The number of carbonyl (C=O) groups is 1. The molecule has 0 unspecified atom stereocenters. The van der Waals surface area contributed by atoms with Crippen molar-refractivity contribution in [2.75, 3.05) is 13.2 Å². The molecule has 2 aliphatic rings. The molecule has 0 bridgehead atoms. The standard InChI is InChI=1S/C20H21NO4/c1-13-5-2-3-8-17(13)25-15-7-4-6-14(11-15)20(22)21-16-12-24-18-9-10-23-19(16)18/h2-8,11,16,18-19H,9-10,12H2,1H3,(H,21,22)/t16-,18+,19+/m0/s1. The van der Waals surface area contributed by atoms with Gasteiger partial charge in [0.25, 0.3) is 5.91 Å². The van der Waals surface area contributed by atoms with E-state index in [9.17, 15) is 4.79 Å². The van der Waals surface area contributed by atoms with Crippen molar-refractivity contribution < 1.29 is 19.0 Å². The molecule has 2 aromatic carbocycles. The fourth-order valence-corrected chi connectivity index (χ4v) is 3.34. The molecule has 0 spiro atoms. The molecule has 5 heteroatoms. The molecule has 5 nitrogen and oxygen atoms in total. The highest BCUT2D eigenvalue weighted by Crippen LogP contribution is 2.27. The van der Waals surface area contributed by atoms with Crippen LogP contribution in [0.2, 0.25) is 0 Å². The van der Waals surface area contributed by atoms with Crippen LogP contribution in [0.1, 0.15) is 22.3 Å². The summed E-state index contributed by atoms with van der Waals surface area (Å²) in [7, 11) is 0. The molecule has 2 aromatic rings. The molecule has 3 atom stereocenters. The second kappa shape index (κ2) is 6.86. The highest BCUT2D eigenvalue weighted by atomic mass is 16.6. The molecule has 2 saturated heterocycles. The van der Waals surface area contributed by atoms with E-state index in [1.807, 2.05) is 43.3 Å². The first-order valence-electron chi connectivity index (χ1n) is 8.58. The van der Waals surface area contributed by atoms with Gasteiger partial charge in [0, 0.05) is 12.2 Å². The molecule has 4 rings (SSSR count). The lowest BCUT2D eigenvalue weighted by Crippen LogP contribution is -2.43. The van der Waals surface area contributed by atoms with Crippen molar-refractivity contribution in [1.82, 2.24) is 5.32 Å². The van der Waals surface area contributed by atoms with E-state index in [1.165, 1.54) is 0 Å². The van der Waals surface area contributed by atoms with Gasteiger partial charge in [-0.3, -0.25) is 4.79 Å². The van der Waals surface area contributed by atoms with Crippen molar-refractivity contribution in [3.63, 3.8) is 0 Å². The van der Waals surface area contributed by atoms with E-state index in [4.69, 9.17) is 14.2 Å². The van der Waals surface area contributed by atoms with Crippen LogP contribution in [-0.4, -0.2) is 37.4 Å². The maximum absolute atomic E-state index is 12.6. The van der Waals surface area contributed by atoms with Gasteiger partial charge in [0.15, 0.2) is 0 Å². The number of hydrogen-bond acceptors (Lipinski definition) is 4. The number of hydrogen-bond donors (Lipinski definition) is 1.